The summed E-state index contributed by atoms with van der Waals surface area (Å²) in [5.41, 5.74) is 6.78. The fourth-order valence-corrected chi connectivity index (χ4v) is 1.60. The summed E-state index contributed by atoms with van der Waals surface area (Å²) < 4.78 is 5.60. The van der Waals surface area contributed by atoms with Gasteiger partial charge < -0.3 is 10.5 Å². The highest BCUT2D eigenvalue weighted by atomic mass is 35.5. The lowest BCUT2D eigenvalue weighted by atomic mass is 10.1. The molecule has 2 rings (SSSR count). The Kier molecular flexibility index (Phi) is 3.61. The molecule has 0 fully saturated rings. The van der Waals surface area contributed by atoms with E-state index in [1.165, 1.54) is 0 Å². The summed E-state index contributed by atoms with van der Waals surface area (Å²) in [5.74, 6) is 1.17. The third-order valence-electron chi connectivity index (χ3n) is 2.30. The van der Waals surface area contributed by atoms with Crippen molar-refractivity contribution in [2.45, 2.75) is 13.0 Å². The van der Waals surface area contributed by atoms with Crippen molar-refractivity contribution in [2.24, 2.45) is 5.73 Å². The Morgan fingerprint density at radius 2 is 2.12 bits per heavy atom. The summed E-state index contributed by atoms with van der Waals surface area (Å²) in [4.78, 5) is 4.13. The molecule has 4 heteroatoms. The minimum atomic E-state index is -0.0419. The monoisotopic (exact) mass is 248 g/mol. The van der Waals surface area contributed by atoms with E-state index in [1.807, 2.05) is 31.2 Å². The number of nitrogens with zero attached hydrogens (tertiary/aromatic N) is 1. The van der Waals surface area contributed by atoms with E-state index in [0.717, 1.165) is 5.56 Å². The number of aromatic nitrogens is 1. The molecule has 1 aromatic heterocycles. The zero-order valence-electron chi connectivity index (χ0n) is 9.43. The van der Waals surface area contributed by atoms with Gasteiger partial charge in [0, 0.05) is 23.3 Å². The largest absolute Gasteiger partial charge is 0.439 e. The minimum absolute atomic E-state index is 0.0419. The number of benzene rings is 1. The topological polar surface area (TPSA) is 48.1 Å². The van der Waals surface area contributed by atoms with Gasteiger partial charge in [-0.2, -0.15) is 0 Å². The Balaban J connectivity index is 2.21. The number of halogens is 1. The molecule has 3 nitrogen and oxygen atoms in total. The normalized spacial score (nSPS) is 12.2. The van der Waals surface area contributed by atoms with Gasteiger partial charge in [0.25, 0.3) is 0 Å². The molecule has 0 aliphatic rings. The molecule has 1 atom stereocenters. The summed E-state index contributed by atoms with van der Waals surface area (Å²) in [7, 11) is 0. The predicted molar refractivity (Wildman–Crippen MR) is 68.4 cm³/mol. The summed E-state index contributed by atoms with van der Waals surface area (Å²) in [6.45, 7) is 1.92. The first-order valence-electron chi connectivity index (χ1n) is 5.30. The van der Waals surface area contributed by atoms with Crippen LogP contribution in [0.15, 0.2) is 42.6 Å². The Morgan fingerprint density at radius 1 is 1.29 bits per heavy atom. The van der Waals surface area contributed by atoms with Crippen LogP contribution in [0.4, 0.5) is 0 Å². The van der Waals surface area contributed by atoms with Crippen LogP contribution >= 0.6 is 11.6 Å². The minimum Gasteiger partial charge on any atom is -0.439 e. The number of hydrogen-bond donors (Lipinski definition) is 1. The highest BCUT2D eigenvalue weighted by Gasteiger charge is 2.03. The molecule has 0 amide bonds. The van der Waals surface area contributed by atoms with Crippen LogP contribution in [0.3, 0.4) is 0 Å². The van der Waals surface area contributed by atoms with E-state index in [-0.39, 0.29) is 6.04 Å². The molecular weight excluding hydrogens is 236 g/mol. The summed E-state index contributed by atoms with van der Waals surface area (Å²) in [5, 5.41) is 0.630. The maximum Gasteiger partial charge on any atom is 0.219 e. The molecule has 0 aliphatic carbocycles. The van der Waals surface area contributed by atoms with Crippen LogP contribution in [-0.2, 0) is 0 Å². The fraction of sp³-hybridized carbons (Fsp3) is 0.154. The molecule has 0 aliphatic heterocycles. The van der Waals surface area contributed by atoms with Crippen LogP contribution in [0.5, 0.6) is 11.6 Å². The molecule has 0 bridgehead atoms. The molecule has 0 saturated heterocycles. The van der Waals surface area contributed by atoms with E-state index in [2.05, 4.69) is 4.98 Å². The zero-order chi connectivity index (χ0) is 12.3. The van der Waals surface area contributed by atoms with Gasteiger partial charge in [-0.3, -0.25) is 0 Å². The number of nitrogens with two attached hydrogens (primary N) is 1. The SMILES string of the molecule is C[C@@H](N)c1ccnc(Oc2cccc(Cl)c2)c1. The molecule has 17 heavy (non-hydrogen) atoms. The molecule has 2 aromatic rings. The van der Waals surface area contributed by atoms with Gasteiger partial charge in [0.15, 0.2) is 0 Å². The second-order valence-electron chi connectivity index (χ2n) is 3.78. The average Bonchev–Trinajstić information content (AvgIpc) is 2.29. The quantitative estimate of drug-likeness (QED) is 0.904. The van der Waals surface area contributed by atoms with Crippen molar-refractivity contribution in [3.63, 3.8) is 0 Å². The van der Waals surface area contributed by atoms with Gasteiger partial charge >= 0.3 is 0 Å². The highest BCUT2D eigenvalue weighted by molar-refractivity contribution is 6.30. The summed E-state index contributed by atoms with van der Waals surface area (Å²) in [6, 6.07) is 10.8. The van der Waals surface area contributed by atoms with Crippen LogP contribution in [0, 0.1) is 0 Å². The molecule has 88 valence electrons. The highest BCUT2D eigenvalue weighted by Crippen LogP contribution is 2.24. The zero-order valence-corrected chi connectivity index (χ0v) is 10.2. The van der Waals surface area contributed by atoms with Crippen LogP contribution in [-0.4, -0.2) is 4.98 Å². The first-order valence-corrected chi connectivity index (χ1v) is 5.68. The van der Waals surface area contributed by atoms with Crippen LogP contribution in [0.1, 0.15) is 18.5 Å². The standard InChI is InChI=1S/C13H13ClN2O/c1-9(15)10-5-6-16-13(7-10)17-12-4-2-3-11(14)8-12/h2-9H,15H2,1H3/t9-/m1/s1. The first kappa shape index (κ1) is 11.9. The van der Waals surface area contributed by atoms with Crippen molar-refractivity contribution < 1.29 is 4.74 Å². The smallest absolute Gasteiger partial charge is 0.219 e. The molecule has 0 spiro atoms. The second kappa shape index (κ2) is 5.17. The van der Waals surface area contributed by atoms with Crippen LogP contribution < -0.4 is 10.5 Å². The Hall–Kier alpha value is -1.58. The molecule has 0 saturated carbocycles. The third kappa shape index (κ3) is 3.19. The number of pyridine rings is 1. The molecule has 0 unspecified atom stereocenters. The van der Waals surface area contributed by atoms with E-state index >= 15 is 0 Å². The van der Waals surface area contributed by atoms with Gasteiger partial charge in [0.05, 0.1) is 0 Å². The maximum atomic E-state index is 5.87. The van der Waals surface area contributed by atoms with Crippen molar-refractivity contribution in [2.75, 3.05) is 0 Å². The Labute approximate surface area is 105 Å². The third-order valence-corrected chi connectivity index (χ3v) is 2.54. The fourth-order valence-electron chi connectivity index (χ4n) is 1.42. The molecule has 0 radical (unpaired) electrons. The van der Waals surface area contributed by atoms with Gasteiger partial charge in [-0.15, -0.1) is 0 Å². The molecular formula is C13H13ClN2O. The van der Waals surface area contributed by atoms with Crippen molar-refractivity contribution in [3.05, 3.63) is 53.2 Å². The van der Waals surface area contributed by atoms with Crippen LogP contribution in [0.25, 0.3) is 0 Å². The Bertz CT molecular complexity index is 514. The Morgan fingerprint density at radius 3 is 2.82 bits per heavy atom. The van der Waals surface area contributed by atoms with Crippen molar-refractivity contribution in [3.8, 4) is 11.6 Å². The van der Waals surface area contributed by atoms with Crippen molar-refractivity contribution in [1.29, 1.82) is 0 Å². The number of ether oxygens (including phenoxy) is 1. The van der Waals surface area contributed by atoms with Gasteiger partial charge in [-0.1, -0.05) is 17.7 Å². The van der Waals surface area contributed by atoms with E-state index in [9.17, 15) is 0 Å². The maximum absolute atomic E-state index is 5.87. The lowest BCUT2D eigenvalue weighted by Crippen LogP contribution is -2.05. The first-order chi connectivity index (χ1) is 8.15. The number of rotatable bonds is 3. The predicted octanol–water partition coefficient (Wildman–Crippen LogP) is 3.55. The summed E-state index contributed by atoms with van der Waals surface area (Å²) >= 11 is 5.87. The van der Waals surface area contributed by atoms with E-state index in [1.54, 1.807) is 18.3 Å². The van der Waals surface area contributed by atoms with E-state index in [4.69, 9.17) is 22.1 Å². The lowest BCUT2D eigenvalue weighted by Gasteiger charge is -2.08. The summed E-state index contributed by atoms with van der Waals surface area (Å²) in [6.07, 6.45) is 1.68. The van der Waals surface area contributed by atoms with E-state index < -0.39 is 0 Å². The van der Waals surface area contributed by atoms with Gasteiger partial charge in [0.2, 0.25) is 5.88 Å². The van der Waals surface area contributed by atoms with Crippen LogP contribution in [0.2, 0.25) is 5.02 Å². The van der Waals surface area contributed by atoms with Gasteiger partial charge in [-0.05, 0) is 36.8 Å². The molecule has 1 aromatic carbocycles. The lowest BCUT2D eigenvalue weighted by molar-refractivity contribution is 0.461. The van der Waals surface area contributed by atoms with Crippen molar-refractivity contribution >= 4 is 11.6 Å². The average molecular weight is 249 g/mol. The van der Waals surface area contributed by atoms with Gasteiger partial charge in [0.1, 0.15) is 5.75 Å². The van der Waals surface area contributed by atoms with E-state index in [0.29, 0.717) is 16.7 Å². The second-order valence-corrected chi connectivity index (χ2v) is 4.21. The van der Waals surface area contributed by atoms with Gasteiger partial charge in [-0.25, -0.2) is 4.98 Å². The molecule has 2 N–H and O–H groups in total. The molecule has 1 heterocycles. The number of hydrogen-bond acceptors (Lipinski definition) is 3. The van der Waals surface area contributed by atoms with Crippen molar-refractivity contribution in [1.82, 2.24) is 4.98 Å².